The van der Waals surface area contributed by atoms with Crippen LogP contribution in [-0.4, -0.2) is 31.1 Å². The van der Waals surface area contributed by atoms with Gasteiger partial charge in [-0.05, 0) is 37.7 Å². The Morgan fingerprint density at radius 3 is 2.77 bits per heavy atom. The second-order valence-electron chi connectivity index (χ2n) is 5.89. The maximum absolute atomic E-state index is 5.55. The van der Waals surface area contributed by atoms with Crippen molar-refractivity contribution in [1.29, 1.82) is 0 Å². The summed E-state index contributed by atoms with van der Waals surface area (Å²) in [5.41, 5.74) is 1.52. The van der Waals surface area contributed by atoms with Crippen LogP contribution in [0.5, 0.6) is 5.88 Å². The lowest BCUT2D eigenvalue weighted by molar-refractivity contribution is 0.131. The van der Waals surface area contributed by atoms with E-state index in [9.17, 15) is 0 Å². The first-order chi connectivity index (χ1) is 10.7. The van der Waals surface area contributed by atoms with Crippen molar-refractivity contribution in [2.75, 3.05) is 20.2 Å². The fraction of sp³-hybridized carbons (Fsp3) is 0.647. The summed E-state index contributed by atoms with van der Waals surface area (Å²) in [6.07, 6.45) is 6.99. The minimum Gasteiger partial charge on any atom is -0.478 e. The van der Waals surface area contributed by atoms with Crippen LogP contribution in [-0.2, 0) is 6.54 Å². The number of nitrogens with one attached hydrogen (secondary N) is 2. The highest BCUT2D eigenvalue weighted by Crippen LogP contribution is 2.42. The molecule has 1 heterocycles. The molecular formula is C17H28N4O. The standard InChI is InChI=1S/C17H28N4O/c1-4-17(9-7-10-17)13-21-16(18-3)20-12-14-8-6-11-19-15(14)22-5-2/h6,8,11H,4-5,7,9-10,12-13H2,1-3H3,(H2,18,20,21). The molecule has 1 saturated carbocycles. The topological polar surface area (TPSA) is 58.5 Å². The van der Waals surface area contributed by atoms with E-state index in [1.54, 1.807) is 13.2 Å². The van der Waals surface area contributed by atoms with Gasteiger partial charge < -0.3 is 15.4 Å². The molecule has 0 unspecified atom stereocenters. The molecular weight excluding hydrogens is 276 g/mol. The average molecular weight is 304 g/mol. The van der Waals surface area contributed by atoms with E-state index in [1.165, 1.54) is 25.7 Å². The second-order valence-corrected chi connectivity index (χ2v) is 5.89. The van der Waals surface area contributed by atoms with Gasteiger partial charge in [-0.2, -0.15) is 0 Å². The zero-order valence-corrected chi connectivity index (χ0v) is 14.0. The summed E-state index contributed by atoms with van der Waals surface area (Å²) in [6.45, 7) is 6.52. The second kappa shape index (κ2) is 8.01. The Labute approximate surface area is 133 Å². The Kier molecular flexibility index (Phi) is 6.04. The van der Waals surface area contributed by atoms with Gasteiger partial charge in [0.05, 0.1) is 6.61 Å². The van der Waals surface area contributed by atoms with Crippen LogP contribution in [0.2, 0.25) is 0 Å². The number of hydrogen-bond donors (Lipinski definition) is 2. The highest BCUT2D eigenvalue weighted by atomic mass is 16.5. The number of nitrogens with zero attached hydrogens (tertiary/aromatic N) is 2. The third-order valence-electron chi connectivity index (χ3n) is 4.60. The fourth-order valence-electron chi connectivity index (χ4n) is 2.83. The molecule has 0 spiro atoms. The molecule has 0 radical (unpaired) electrons. The van der Waals surface area contributed by atoms with Crippen LogP contribution in [0.3, 0.4) is 0 Å². The minimum absolute atomic E-state index is 0.475. The summed E-state index contributed by atoms with van der Waals surface area (Å²) in [4.78, 5) is 8.58. The minimum atomic E-state index is 0.475. The highest BCUT2D eigenvalue weighted by Gasteiger charge is 2.34. The van der Waals surface area contributed by atoms with Crippen molar-refractivity contribution in [1.82, 2.24) is 15.6 Å². The van der Waals surface area contributed by atoms with Crippen LogP contribution < -0.4 is 15.4 Å². The fourth-order valence-corrected chi connectivity index (χ4v) is 2.83. The predicted molar refractivity (Wildman–Crippen MR) is 90.2 cm³/mol. The number of rotatable bonds is 7. The highest BCUT2D eigenvalue weighted by molar-refractivity contribution is 5.79. The van der Waals surface area contributed by atoms with Gasteiger partial charge in [0.1, 0.15) is 0 Å². The molecule has 0 saturated heterocycles. The molecule has 1 aliphatic rings. The maximum Gasteiger partial charge on any atom is 0.218 e. The Bertz CT molecular complexity index is 492. The molecule has 122 valence electrons. The van der Waals surface area contributed by atoms with Gasteiger partial charge in [0.2, 0.25) is 5.88 Å². The Hall–Kier alpha value is -1.78. The molecule has 1 aromatic rings. The van der Waals surface area contributed by atoms with E-state index >= 15 is 0 Å². The molecule has 5 heteroatoms. The molecule has 0 aromatic carbocycles. The largest absolute Gasteiger partial charge is 0.478 e. The molecule has 2 N–H and O–H groups in total. The number of aliphatic imine (C=N–C) groups is 1. The van der Waals surface area contributed by atoms with Crippen molar-refractivity contribution in [3.63, 3.8) is 0 Å². The first-order valence-corrected chi connectivity index (χ1v) is 8.24. The smallest absolute Gasteiger partial charge is 0.218 e. The van der Waals surface area contributed by atoms with Crippen molar-refractivity contribution >= 4 is 5.96 Å². The summed E-state index contributed by atoms with van der Waals surface area (Å²) in [5, 5.41) is 6.81. The Morgan fingerprint density at radius 1 is 1.36 bits per heavy atom. The lowest BCUT2D eigenvalue weighted by Crippen LogP contribution is -2.46. The summed E-state index contributed by atoms with van der Waals surface area (Å²) >= 11 is 0. The molecule has 1 fully saturated rings. The van der Waals surface area contributed by atoms with Gasteiger partial charge in [-0.15, -0.1) is 0 Å². The van der Waals surface area contributed by atoms with Crippen LogP contribution in [0.15, 0.2) is 23.3 Å². The molecule has 0 bridgehead atoms. The molecule has 2 rings (SSSR count). The number of guanidine groups is 1. The summed E-state index contributed by atoms with van der Waals surface area (Å²) in [5.74, 6) is 1.53. The predicted octanol–water partition coefficient (Wildman–Crippen LogP) is 2.73. The van der Waals surface area contributed by atoms with E-state index in [2.05, 4.69) is 27.5 Å². The molecule has 1 aliphatic carbocycles. The molecule has 1 aromatic heterocycles. The first kappa shape index (κ1) is 16.6. The van der Waals surface area contributed by atoms with Gasteiger partial charge in [0.15, 0.2) is 5.96 Å². The number of aromatic nitrogens is 1. The lowest BCUT2D eigenvalue weighted by atomic mass is 9.67. The maximum atomic E-state index is 5.55. The van der Waals surface area contributed by atoms with E-state index < -0.39 is 0 Å². The van der Waals surface area contributed by atoms with Crippen molar-refractivity contribution in [2.24, 2.45) is 10.4 Å². The van der Waals surface area contributed by atoms with E-state index in [0.29, 0.717) is 24.4 Å². The third kappa shape index (κ3) is 4.12. The lowest BCUT2D eigenvalue weighted by Gasteiger charge is -2.41. The van der Waals surface area contributed by atoms with Crippen LogP contribution in [0.1, 0.15) is 45.1 Å². The van der Waals surface area contributed by atoms with E-state index in [1.807, 2.05) is 19.1 Å². The van der Waals surface area contributed by atoms with E-state index in [0.717, 1.165) is 18.1 Å². The normalized spacial score (nSPS) is 16.8. The summed E-state index contributed by atoms with van der Waals surface area (Å²) in [6, 6.07) is 3.95. The first-order valence-electron chi connectivity index (χ1n) is 8.24. The quantitative estimate of drug-likeness (QED) is 0.601. The molecule has 0 atom stereocenters. The van der Waals surface area contributed by atoms with Crippen LogP contribution in [0.25, 0.3) is 0 Å². The van der Waals surface area contributed by atoms with Crippen LogP contribution in [0.4, 0.5) is 0 Å². The summed E-state index contributed by atoms with van der Waals surface area (Å²) in [7, 11) is 1.81. The number of hydrogen-bond acceptors (Lipinski definition) is 3. The molecule has 0 aliphatic heterocycles. The van der Waals surface area contributed by atoms with Crippen molar-refractivity contribution in [3.8, 4) is 5.88 Å². The van der Waals surface area contributed by atoms with Gasteiger partial charge >= 0.3 is 0 Å². The van der Waals surface area contributed by atoms with Gasteiger partial charge in [-0.3, -0.25) is 4.99 Å². The number of pyridine rings is 1. The van der Waals surface area contributed by atoms with Gasteiger partial charge in [-0.1, -0.05) is 19.4 Å². The third-order valence-corrected chi connectivity index (χ3v) is 4.60. The van der Waals surface area contributed by atoms with Gasteiger partial charge in [0, 0.05) is 31.9 Å². The zero-order chi connectivity index (χ0) is 15.8. The molecule has 22 heavy (non-hydrogen) atoms. The van der Waals surface area contributed by atoms with Crippen molar-refractivity contribution < 1.29 is 4.74 Å². The average Bonchev–Trinajstić information content (AvgIpc) is 2.51. The molecule has 0 amide bonds. The van der Waals surface area contributed by atoms with Crippen molar-refractivity contribution in [3.05, 3.63) is 23.9 Å². The number of ether oxygens (including phenoxy) is 1. The van der Waals surface area contributed by atoms with E-state index in [4.69, 9.17) is 4.74 Å². The Morgan fingerprint density at radius 2 is 2.18 bits per heavy atom. The zero-order valence-electron chi connectivity index (χ0n) is 14.0. The monoisotopic (exact) mass is 304 g/mol. The SMILES string of the molecule is CCOc1ncccc1CNC(=NC)NCC1(CC)CCC1. The van der Waals surface area contributed by atoms with Gasteiger partial charge in [0.25, 0.3) is 0 Å². The van der Waals surface area contributed by atoms with Crippen LogP contribution >= 0.6 is 0 Å². The van der Waals surface area contributed by atoms with Crippen molar-refractivity contribution in [2.45, 2.75) is 46.1 Å². The summed E-state index contributed by atoms with van der Waals surface area (Å²) < 4.78 is 5.55. The van der Waals surface area contributed by atoms with E-state index in [-0.39, 0.29) is 0 Å². The molecule has 5 nitrogen and oxygen atoms in total. The van der Waals surface area contributed by atoms with Crippen LogP contribution in [0, 0.1) is 5.41 Å². The van der Waals surface area contributed by atoms with Gasteiger partial charge in [-0.25, -0.2) is 4.98 Å². The Balaban J connectivity index is 1.86.